The van der Waals surface area contributed by atoms with E-state index in [-0.39, 0.29) is 0 Å². The van der Waals surface area contributed by atoms with Gasteiger partial charge in [0.15, 0.2) is 0 Å². The Balaban J connectivity index is 1.34. The van der Waals surface area contributed by atoms with Gasteiger partial charge in [0, 0.05) is 48.2 Å². The van der Waals surface area contributed by atoms with Gasteiger partial charge in [-0.1, -0.05) is 60.7 Å². The minimum absolute atomic E-state index is 0.697. The van der Waals surface area contributed by atoms with Crippen LogP contribution in [0, 0.1) is 0 Å². The molecule has 0 aliphatic heterocycles. The smallest absolute Gasteiger partial charge is 0.101 e. The molecule has 0 amide bonds. The van der Waals surface area contributed by atoms with Crippen LogP contribution >= 0.6 is 0 Å². The average molecular weight is 456 g/mol. The molecular formula is C30H25N5. The monoisotopic (exact) mass is 455 g/mol. The molecule has 0 fully saturated rings. The molecule has 6 aromatic rings. The normalized spacial score (nSPS) is 11.3. The second-order valence-corrected chi connectivity index (χ2v) is 8.93. The Morgan fingerprint density at radius 2 is 1.49 bits per heavy atom. The molecule has 0 aliphatic rings. The molecule has 0 unspecified atom stereocenters. The summed E-state index contributed by atoms with van der Waals surface area (Å²) in [7, 11) is 4.10. The summed E-state index contributed by atoms with van der Waals surface area (Å²) in [6.07, 6.45) is 2.59. The summed E-state index contributed by atoms with van der Waals surface area (Å²) in [6, 6.07) is 33.6. The molecule has 5 nitrogen and oxygen atoms in total. The van der Waals surface area contributed by atoms with Crippen LogP contribution in [0.5, 0.6) is 0 Å². The first kappa shape index (κ1) is 21.1. The number of benzene rings is 4. The van der Waals surface area contributed by atoms with Gasteiger partial charge in [-0.25, -0.2) is 4.98 Å². The highest BCUT2D eigenvalue weighted by Gasteiger charge is 2.12. The van der Waals surface area contributed by atoms with Gasteiger partial charge in [0.05, 0.1) is 16.7 Å². The average Bonchev–Trinajstić information content (AvgIpc) is 3.33. The van der Waals surface area contributed by atoms with Crippen LogP contribution in [0.2, 0.25) is 0 Å². The second kappa shape index (κ2) is 8.69. The van der Waals surface area contributed by atoms with E-state index in [0.717, 1.165) is 50.0 Å². The molecule has 4 aromatic carbocycles. The lowest BCUT2D eigenvalue weighted by atomic mass is 10.0. The van der Waals surface area contributed by atoms with Crippen molar-refractivity contribution < 1.29 is 0 Å². The summed E-state index contributed by atoms with van der Waals surface area (Å²) in [5.41, 5.74) is 8.45. The first-order valence-corrected chi connectivity index (χ1v) is 11.7. The van der Waals surface area contributed by atoms with Crippen molar-refractivity contribution in [1.82, 2.24) is 19.7 Å². The molecule has 0 bridgehead atoms. The summed E-state index contributed by atoms with van der Waals surface area (Å²) in [4.78, 5) is 6.79. The molecule has 0 aliphatic carbocycles. The van der Waals surface area contributed by atoms with E-state index in [1.54, 1.807) is 0 Å². The maximum absolute atomic E-state index is 4.69. The van der Waals surface area contributed by atoms with E-state index in [1.807, 2.05) is 38.6 Å². The quantitative estimate of drug-likeness (QED) is 0.306. The minimum Gasteiger partial charge on any atom is -0.378 e. The van der Waals surface area contributed by atoms with Gasteiger partial charge in [-0.05, 0) is 42.0 Å². The van der Waals surface area contributed by atoms with E-state index in [9.17, 15) is 0 Å². The summed E-state index contributed by atoms with van der Waals surface area (Å²) in [5, 5.41) is 11.5. The number of nitrogens with zero attached hydrogens (tertiary/aromatic N) is 5. The zero-order valence-corrected chi connectivity index (χ0v) is 19.8. The molecule has 0 atom stereocenters. The van der Waals surface area contributed by atoms with Gasteiger partial charge in [0.25, 0.3) is 0 Å². The fourth-order valence-electron chi connectivity index (χ4n) is 4.58. The summed E-state index contributed by atoms with van der Waals surface area (Å²) in [5.74, 6) is 0. The third kappa shape index (κ3) is 3.91. The van der Waals surface area contributed by atoms with Gasteiger partial charge in [-0.2, -0.15) is 5.10 Å². The number of aromatic nitrogens is 4. The Labute approximate surface area is 204 Å². The van der Waals surface area contributed by atoms with Crippen molar-refractivity contribution in [2.45, 2.75) is 6.42 Å². The number of rotatable bonds is 5. The van der Waals surface area contributed by atoms with Gasteiger partial charge >= 0.3 is 0 Å². The highest BCUT2D eigenvalue weighted by Crippen LogP contribution is 2.29. The number of fused-ring (bicyclic) bond motifs is 2. The molecule has 0 radical (unpaired) electrons. The molecule has 35 heavy (non-hydrogen) atoms. The summed E-state index contributed by atoms with van der Waals surface area (Å²) in [6.45, 7) is 0. The third-order valence-corrected chi connectivity index (χ3v) is 6.44. The Bertz CT molecular complexity index is 1630. The minimum atomic E-state index is 0.697. The zero-order chi connectivity index (χ0) is 23.8. The van der Waals surface area contributed by atoms with E-state index >= 15 is 0 Å². The molecule has 0 N–H and O–H groups in total. The van der Waals surface area contributed by atoms with Crippen LogP contribution in [0.25, 0.3) is 38.8 Å². The number of hydrogen-bond donors (Lipinski definition) is 0. The molecule has 2 aromatic heterocycles. The Kier molecular flexibility index (Phi) is 5.23. The van der Waals surface area contributed by atoms with Crippen molar-refractivity contribution in [3.05, 3.63) is 115 Å². The number of hydrogen-bond acceptors (Lipinski definition) is 4. The van der Waals surface area contributed by atoms with Crippen molar-refractivity contribution >= 4 is 27.5 Å². The van der Waals surface area contributed by atoms with E-state index in [1.165, 1.54) is 5.69 Å². The molecule has 0 saturated carbocycles. The third-order valence-electron chi connectivity index (χ3n) is 6.44. The Morgan fingerprint density at radius 1 is 0.743 bits per heavy atom. The molecule has 0 spiro atoms. The SMILES string of the molecule is CN(C)c1ccc(-n2cnc3cc(Cc4nnc(-c5ccccc5)c5ccccc45)ccc32)cc1. The number of imidazole rings is 1. The van der Waals surface area contributed by atoms with Gasteiger partial charge in [-0.15, -0.1) is 5.10 Å². The molecule has 6 rings (SSSR count). The Morgan fingerprint density at radius 3 is 2.26 bits per heavy atom. The van der Waals surface area contributed by atoms with Crippen molar-refractivity contribution in [1.29, 1.82) is 0 Å². The largest absolute Gasteiger partial charge is 0.378 e. The maximum atomic E-state index is 4.69. The van der Waals surface area contributed by atoms with Gasteiger partial charge in [0.2, 0.25) is 0 Å². The van der Waals surface area contributed by atoms with Crippen LogP contribution in [0.1, 0.15) is 11.3 Å². The maximum Gasteiger partial charge on any atom is 0.101 e. The van der Waals surface area contributed by atoms with Gasteiger partial charge in [-0.3, -0.25) is 4.57 Å². The molecule has 5 heteroatoms. The standard InChI is InChI=1S/C30H25N5/c1-34(2)23-13-15-24(16-14-23)35-20-31-28-19-21(12-17-29(28)35)18-27-25-10-6-7-11-26(25)30(33-32-27)22-8-4-3-5-9-22/h3-17,19-20H,18H2,1-2H3. The second-order valence-electron chi connectivity index (χ2n) is 8.93. The van der Waals surface area contributed by atoms with Crippen molar-refractivity contribution in [2.75, 3.05) is 19.0 Å². The topological polar surface area (TPSA) is 46.8 Å². The fourth-order valence-corrected chi connectivity index (χ4v) is 4.58. The lowest BCUT2D eigenvalue weighted by molar-refractivity contribution is 0.963. The van der Waals surface area contributed by atoms with Crippen LogP contribution in [-0.2, 0) is 6.42 Å². The van der Waals surface area contributed by atoms with Crippen LogP contribution in [0.15, 0.2) is 103 Å². The van der Waals surface area contributed by atoms with Gasteiger partial charge in [0.1, 0.15) is 12.0 Å². The van der Waals surface area contributed by atoms with E-state index in [4.69, 9.17) is 0 Å². The predicted molar refractivity (Wildman–Crippen MR) is 143 cm³/mol. The van der Waals surface area contributed by atoms with Crippen molar-refractivity contribution in [3.8, 4) is 16.9 Å². The van der Waals surface area contributed by atoms with E-state index in [2.05, 4.69) is 104 Å². The molecular weight excluding hydrogens is 430 g/mol. The predicted octanol–water partition coefficient (Wildman–Crippen LogP) is 6.29. The van der Waals surface area contributed by atoms with Crippen molar-refractivity contribution in [2.24, 2.45) is 0 Å². The fraction of sp³-hybridized carbons (Fsp3) is 0.100. The molecule has 170 valence electrons. The molecule has 0 saturated heterocycles. The highest BCUT2D eigenvalue weighted by atomic mass is 15.1. The first-order chi connectivity index (χ1) is 17.2. The van der Waals surface area contributed by atoms with E-state index in [0.29, 0.717) is 6.42 Å². The summed E-state index contributed by atoms with van der Waals surface area (Å²) >= 11 is 0. The van der Waals surface area contributed by atoms with Gasteiger partial charge < -0.3 is 4.90 Å². The lowest BCUT2D eigenvalue weighted by Crippen LogP contribution is -2.08. The summed E-state index contributed by atoms with van der Waals surface area (Å²) < 4.78 is 2.13. The highest BCUT2D eigenvalue weighted by molar-refractivity contribution is 5.95. The van der Waals surface area contributed by atoms with E-state index < -0.39 is 0 Å². The lowest BCUT2D eigenvalue weighted by Gasteiger charge is -2.13. The zero-order valence-electron chi connectivity index (χ0n) is 19.8. The number of anilines is 1. The van der Waals surface area contributed by atoms with Crippen LogP contribution in [-0.4, -0.2) is 33.8 Å². The molecule has 2 heterocycles. The van der Waals surface area contributed by atoms with Crippen LogP contribution < -0.4 is 4.90 Å². The van der Waals surface area contributed by atoms with Crippen LogP contribution in [0.3, 0.4) is 0 Å². The van der Waals surface area contributed by atoms with Crippen LogP contribution in [0.4, 0.5) is 5.69 Å². The first-order valence-electron chi connectivity index (χ1n) is 11.7. The Hall–Kier alpha value is -4.51. The van der Waals surface area contributed by atoms with Crippen molar-refractivity contribution in [3.63, 3.8) is 0 Å².